The van der Waals surface area contributed by atoms with Gasteiger partial charge in [0.2, 0.25) is 0 Å². The Hall–Kier alpha value is -2.11. The van der Waals surface area contributed by atoms with Crippen molar-refractivity contribution in [1.29, 1.82) is 0 Å². The van der Waals surface area contributed by atoms with Crippen LogP contribution in [0.25, 0.3) is 0 Å². The Bertz CT molecular complexity index is 1040. The van der Waals surface area contributed by atoms with Crippen molar-refractivity contribution in [2.75, 3.05) is 13.2 Å². The zero-order chi connectivity index (χ0) is 46.5. The van der Waals surface area contributed by atoms with E-state index in [1.165, 1.54) is 205 Å². The molecule has 0 aliphatic rings. The first-order valence-electron chi connectivity index (χ1n) is 28.3. The fraction of sp³-hybridized carbons (Fsp3) is 0.879. The molecule has 1 unspecified atom stereocenters. The molecular formula is C58H108O6. The Morgan fingerprint density at radius 2 is 0.516 bits per heavy atom. The van der Waals surface area contributed by atoms with Gasteiger partial charge < -0.3 is 14.2 Å². The number of hydrogen-bond donors (Lipinski definition) is 0. The number of esters is 3. The van der Waals surface area contributed by atoms with Crippen LogP contribution in [0.4, 0.5) is 0 Å². The number of allylic oxidation sites excluding steroid dienone is 4. The van der Waals surface area contributed by atoms with Crippen molar-refractivity contribution in [3.63, 3.8) is 0 Å². The summed E-state index contributed by atoms with van der Waals surface area (Å²) in [5, 5.41) is 0. The second kappa shape index (κ2) is 53.5. The molecule has 64 heavy (non-hydrogen) atoms. The first-order valence-corrected chi connectivity index (χ1v) is 28.3. The molecule has 0 heterocycles. The SMILES string of the molecule is CCCCCCCC/C=C\CCCCCCCCCCCC(=O)OCC(COC(=O)CCCCCCCCCCCCCC)OC(=O)CCCCCCC/C=C\CCCCCCCC. The highest BCUT2D eigenvalue weighted by atomic mass is 16.6. The van der Waals surface area contributed by atoms with E-state index in [-0.39, 0.29) is 31.1 Å². The maximum Gasteiger partial charge on any atom is 0.306 e. The number of rotatable bonds is 52. The van der Waals surface area contributed by atoms with E-state index in [0.717, 1.165) is 64.2 Å². The van der Waals surface area contributed by atoms with Crippen molar-refractivity contribution in [1.82, 2.24) is 0 Å². The first kappa shape index (κ1) is 61.9. The molecule has 6 nitrogen and oxygen atoms in total. The normalized spacial score (nSPS) is 12.1. The van der Waals surface area contributed by atoms with Gasteiger partial charge in [0.25, 0.3) is 0 Å². The van der Waals surface area contributed by atoms with Crippen LogP contribution in [0.2, 0.25) is 0 Å². The van der Waals surface area contributed by atoms with Crippen molar-refractivity contribution in [3.05, 3.63) is 24.3 Å². The van der Waals surface area contributed by atoms with Crippen molar-refractivity contribution >= 4 is 17.9 Å². The van der Waals surface area contributed by atoms with E-state index >= 15 is 0 Å². The Morgan fingerprint density at radius 1 is 0.297 bits per heavy atom. The van der Waals surface area contributed by atoms with Crippen molar-refractivity contribution in [2.45, 2.75) is 316 Å². The third kappa shape index (κ3) is 50.9. The molecule has 0 aliphatic heterocycles. The number of carbonyl (C=O) groups is 3. The van der Waals surface area contributed by atoms with Crippen LogP contribution in [0.1, 0.15) is 310 Å². The summed E-state index contributed by atoms with van der Waals surface area (Å²) in [6, 6.07) is 0. The summed E-state index contributed by atoms with van der Waals surface area (Å²) in [4.78, 5) is 38.1. The first-order chi connectivity index (χ1) is 31.5. The molecule has 6 heteroatoms. The number of carbonyl (C=O) groups excluding carboxylic acids is 3. The predicted molar refractivity (Wildman–Crippen MR) is 275 cm³/mol. The summed E-state index contributed by atoms with van der Waals surface area (Å²) in [5.74, 6) is -0.864. The minimum Gasteiger partial charge on any atom is -0.462 e. The Morgan fingerprint density at radius 3 is 0.781 bits per heavy atom. The van der Waals surface area contributed by atoms with Gasteiger partial charge in [-0.05, 0) is 70.6 Å². The molecule has 0 spiro atoms. The molecular weight excluding hydrogens is 793 g/mol. The van der Waals surface area contributed by atoms with Crippen LogP contribution in [-0.2, 0) is 28.6 Å². The molecule has 376 valence electrons. The van der Waals surface area contributed by atoms with E-state index in [4.69, 9.17) is 14.2 Å². The zero-order valence-electron chi connectivity index (χ0n) is 43.1. The number of ether oxygens (including phenoxy) is 3. The van der Waals surface area contributed by atoms with Gasteiger partial charge in [-0.25, -0.2) is 0 Å². The fourth-order valence-corrected chi connectivity index (χ4v) is 8.37. The van der Waals surface area contributed by atoms with Gasteiger partial charge >= 0.3 is 17.9 Å². The monoisotopic (exact) mass is 901 g/mol. The van der Waals surface area contributed by atoms with Gasteiger partial charge in [0, 0.05) is 19.3 Å². The van der Waals surface area contributed by atoms with E-state index in [0.29, 0.717) is 19.3 Å². The van der Waals surface area contributed by atoms with E-state index in [9.17, 15) is 14.4 Å². The van der Waals surface area contributed by atoms with Gasteiger partial charge in [0.05, 0.1) is 0 Å². The summed E-state index contributed by atoms with van der Waals surface area (Å²) in [7, 11) is 0. The van der Waals surface area contributed by atoms with E-state index in [1.54, 1.807) is 0 Å². The van der Waals surface area contributed by atoms with Gasteiger partial charge in [-0.3, -0.25) is 14.4 Å². The maximum atomic E-state index is 12.8. The molecule has 0 saturated carbocycles. The molecule has 0 radical (unpaired) electrons. The summed E-state index contributed by atoms with van der Waals surface area (Å²) < 4.78 is 16.8. The van der Waals surface area contributed by atoms with Crippen LogP contribution in [0.3, 0.4) is 0 Å². The molecule has 0 rings (SSSR count). The van der Waals surface area contributed by atoms with Gasteiger partial charge in [-0.15, -0.1) is 0 Å². The van der Waals surface area contributed by atoms with Crippen LogP contribution in [-0.4, -0.2) is 37.2 Å². The number of hydrogen-bond acceptors (Lipinski definition) is 6. The molecule has 0 bridgehead atoms. The topological polar surface area (TPSA) is 78.9 Å². The van der Waals surface area contributed by atoms with Crippen LogP contribution in [0.5, 0.6) is 0 Å². The lowest BCUT2D eigenvalue weighted by atomic mass is 10.0. The van der Waals surface area contributed by atoms with Crippen molar-refractivity contribution in [2.24, 2.45) is 0 Å². The maximum absolute atomic E-state index is 12.8. The molecule has 0 amide bonds. The summed E-state index contributed by atoms with van der Waals surface area (Å²) >= 11 is 0. The second-order valence-corrected chi connectivity index (χ2v) is 19.2. The Balaban J connectivity index is 4.31. The number of unbranched alkanes of at least 4 members (excludes halogenated alkanes) is 37. The van der Waals surface area contributed by atoms with Gasteiger partial charge in [0.15, 0.2) is 6.10 Å². The third-order valence-corrected chi connectivity index (χ3v) is 12.7. The standard InChI is InChI=1S/C58H108O6/c1-4-7-10-13-16-19-22-25-27-28-29-30-32-33-36-39-42-45-48-51-57(60)63-54-55(53-62-56(59)50-47-44-41-38-35-24-21-18-15-12-9-6-3)64-58(61)52-49-46-43-40-37-34-31-26-23-20-17-14-11-8-5-2/h25-27,31,55H,4-24,28-30,32-54H2,1-3H3/b27-25-,31-26-. The van der Waals surface area contributed by atoms with E-state index < -0.39 is 6.10 Å². The Kier molecular flexibility index (Phi) is 51.7. The summed E-state index contributed by atoms with van der Waals surface area (Å²) in [6.45, 7) is 6.66. The molecule has 0 aromatic carbocycles. The van der Waals surface area contributed by atoms with Gasteiger partial charge in [-0.2, -0.15) is 0 Å². The van der Waals surface area contributed by atoms with Gasteiger partial charge in [0.1, 0.15) is 13.2 Å². The lowest BCUT2D eigenvalue weighted by Gasteiger charge is -2.18. The van der Waals surface area contributed by atoms with Crippen molar-refractivity contribution < 1.29 is 28.6 Å². The quantitative estimate of drug-likeness (QED) is 0.0262. The van der Waals surface area contributed by atoms with E-state index in [2.05, 4.69) is 45.1 Å². The molecule has 0 aliphatic carbocycles. The molecule has 0 aromatic rings. The molecule has 0 aromatic heterocycles. The van der Waals surface area contributed by atoms with Crippen LogP contribution >= 0.6 is 0 Å². The Labute approximate surface area is 398 Å². The van der Waals surface area contributed by atoms with Crippen LogP contribution < -0.4 is 0 Å². The summed E-state index contributed by atoms with van der Waals surface area (Å²) in [6.07, 6.45) is 61.6. The third-order valence-electron chi connectivity index (χ3n) is 12.7. The predicted octanol–water partition coefficient (Wildman–Crippen LogP) is 18.7. The lowest BCUT2D eigenvalue weighted by Crippen LogP contribution is -2.30. The largest absolute Gasteiger partial charge is 0.462 e. The van der Waals surface area contributed by atoms with E-state index in [1.807, 2.05) is 0 Å². The van der Waals surface area contributed by atoms with Crippen LogP contribution in [0, 0.1) is 0 Å². The summed E-state index contributed by atoms with van der Waals surface area (Å²) in [5.41, 5.74) is 0. The van der Waals surface area contributed by atoms with Gasteiger partial charge in [-0.1, -0.05) is 244 Å². The molecule has 0 saturated heterocycles. The zero-order valence-corrected chi connectivity index (χ0v) is 43.1. The molecule has 1 atom stereocenters. The van der Waals surface area contributed by atoms with Crippen LogP contribution in [0.15, 0.2) is 24.3 Å². The molecule has 0 N–H and O–H groups in total. The van der Waals surface area contributed by atoms with Crippen molar-refractivity contribution in [3.8, 4) is 0 Å². The lowest BCUT2D eigenvalue weighted by molar-refractivity contribution is -0.167. The minimum absolute atomic E-state index is 0.0710. The average molecular weight is 901 g/mol. The molecule has 0 fully saturated rings. The second-order valence-electron chi connectivity index (χ2n) is 19.2. The average Bonchev–Trinajstić information content (AvgIpc) is 3.29. The minimum atomic E-state index is -0.772. The highest BCUT2D eigenvalue weighted by molar-refractivity contribution is 5.71. The smallest absolute Gasteiger partial charge is 0.306 e. The highest BCUT2D eigenvalue weighted by Crippen LogP contribution is 2.16. The fourth-order valence-electron chi connectivity index (χ4n) is 8.37. The highest BCUT2D eigenvalue weighted by Gasteiger charge is 2.19.